The number of carboxylic acid groups (broad SMARTS) is 1. The number of carboxylic acids is 1. The first kappa shape index (κ1) is 26.3. The molecule has 0 radical (unpaired) electrons. The molecule has 0 amide bonds. The van der Waals surface area contributed by atoms with E-state index < -0.39 is 11.8 Å². The number of hydrogen-bond donors (Lipinski definition) is 1. The zero-order valence-electron chi connectivity index (χ0n) is 22.2. The van der Waals surface area contributed by atoms with E-state index in [4.69, 9.17) is 18.9 Å². The average molecular weight is 556 g/mol. The van der Waals surface area contributed by atoms with Crippen molar-refractivity contribution in [3.8, 4) is 28.6 Å². The Kier molecular flexibility index (Phi) is 7.22. The molecule has 0 atom stereocenters. The standard InChI is InChI=1S/C31H26FN3O6/c1-38-13-12-35-26-15-21(31(36)37)10-11-25(26)33-28(35)16-19-8-9-20(14-23(19)32)24-5-3-7-29(34-24)39-17-22-4-2-6-27-30(22)41-18-40-27/h2-11,14-15H,12-13,16-18H2,1H3,(H,36,37). The maximum absolute atomic E-state index is 15.4. The Morgan fingerprint density at radius 1 is 1.02 bits per heavy atom. The lowest BCUT2D eigenvalue weighted by molar-refractivity contribution is 0.0697. The van der Waals surface area contributed by atoms with Gasteiger partial charge in [0.2, 0.25) is 12.7 Å². The Morgan fingerprint density at radius 2 is 1.90 bits per heavy atom. The van der Waals surface area contributed by atoms with Crippen LogP contribution >= 0.6 is 0 Å². The highest BCUT2D eigenvalue weighted by Crippen LogP contribution is 2.36. The van der Waals surface area contributed by atoms with Crippen LogP contribution in [0.2, 0.25) is 0 Å². The van der Waals surface area contributed by atoms with Crippen LogP contribution in [-0.4, -0.2) is 46.1 Å². The van der Waals surface area contributed by atoms with Crippen LogP contribution in [0.4, 0.5) is 4.39 Å². The van der Waals surface area contributed by atoms with Crippen molar-refractivity contribution >= 4 is 17.0 Å². The molecule has 1 N–H and O–H groups in total. The fourth-order valence-electron chi connectivity index (χ4n) is 4.81. The van der Waals surface area contributed by atoms with Crippen molar-refractivity contribution in [2.24, 2.45) is 0 Å². The molecule has 0 aliphatic carbocycles. The van der Waals surface area contributed by atoms with Crippen molar-refractivity contribution in [2.75, 3.05) is 20.5 Å². The van der Waals surface area contributed by atoms with Crippen molar-refractivity contribution in [3.63, 3.8) is 0 Å². The second-order valence-corrected chi connectivity index (χ2v) is 9.46. The van der Waals surface area contributed by atoms with Crippen LogP contribution in [0.3, 0.4) is 0 Å². The third-order valence-electron chi connectivity index (χ3n) is 6.87. The number of fused-ring (bicyclic) bond motifs is 2. The van der Waals surface area contributed by atoms with Crippen LogP contribution in [-0.2, 0) is 24.3 Å². The number of benzene rings is 3. The summed E-state index contributed by atoms with van der Waals surface area (Å²) >= 11 is 0. The minimum absolute atomic E-state index is 0.159. The number of imidazole rings is 1. The minimum Gasteiger partial charge on any atom is -0.478 e. The molecule has 208 valence electrons. The van der Waals surface area contributed by atoms with Gasteiger partial charge in [0.05, 0.1) is 28.9 Å². The number of aromatic carboxylic acids is 1. The van der Waals surface area contributed by atoms with Crippen LogP contribution in [0, 0.1) is 5.82 Å². The van der Waals surface area contributed by atoms with Crippen LogP contribution < -0.4 is 14.2 Å². The molecule has 3 aromatic carbocycles. The lowest BCUT2D eigenvalue weighted by atomic mass is 10.1. The summed E-state index contributed by atoms with van der Waals surface area (Å²) in [6.07, 6.45) is 0.219. The number of halogens is 1. The van der Waals surface area contributed by atoms with Gasteiger partial charge in [-0.2, -0.15) is 0 Å². The monoisotopic (exact) mass is 555 g/mol. The molecule has 1 aliphatic rings. The van der Waals surface area contributed by atoms with Gasteiger partial charge in [0.15, 0.2) is 11.5 Å². The molecule has 3 heterocycles. The van der Waals surface area contributed by atoms with E-state index in [1.807, 2.05) is 34.9 Å². The molecule has 0 unspecified atom stereocenters. The maximum atomic E-state index is 15.4. The number of carbonyl (C=O) groups is 1. The average Bonchev–Trinajstić information content (AvgIpc) is 3.60. The Balaban J connectivity index is 1.22. The van der Waals surface area contributed by atoms with Gasteiger partial charge in [-0.15, -0.1) is 0 Å². The Morgan fingerprint density at radius 3 is 2.73 bits per heavy atom. The first-order valence-electron chi connectivity index (χ1n) is 13.0. The first-order chi connectivity index (χ1) is 20.0. The summed E-state index contributed by atoms with van der Waals surface area (Å²) < 4.78 is 39.4. The molecule has 41 heavy (non-hydrogen) atoms. The van der Waals surface area contributed by atoms with E-state index in [2.05, 4.69) is 9.97 Å². The molecule has 9 nitrogen and oxygen atoms in total. The maximum Gasteiger partial charge on any atom is 0.335 e. The molecule has 1 aliphatic heterocycles. The number of para-hydroxylation sites is 1. The molecular formula is C31H26FN3O6. The Bertz CT molecular complexity index is 1750. The smallest absolute Gasteiger partial charge is 0.335 e. The second kappa shape index (κ2) is 11.3. The molecule has 2 aromatic heterocycles. The quantitative estimate of drug-likeness (QED) is 0.242. The number of methoxy groups -OCH3 is 1. The SMILES string of the molecule is COCCn1c(Cc2ccc(-c3cccc(OCc4cccc5c4OCO5)n3)cc2F)nc2ccc(C(=O)O)cc21. The van der Waals surface area contributed by atoms with E-state index in [0.717, 1.165) is 5.56 Å². The minimum atomic E-state index is -1.02. The van der Waals surface area contributed by atoms with Gasteiger partial charge < -0.3 is 28.6 Å². The molecule has 5 aromatic rings. The summed E-state index contributed by atoms with van der Waals surface area (Å²) in [5.74, 6) is 0.939. The van der Waals surface area contributed by atoms with Crippen molar-refractivity contribution in [3.05, 3.63) is 101 Å². The van der Waals surface area contributed by atoms with E-state index in [0.29, 0.717) is 64.2 Å². The number of pyridine rings is 1. The van der Waals surface area contributed by atoms with Gasteiger partial charge >= 0.3 is 5.97 Å². The van der Waals surface area contributed by atoms with Crippen LogP contribution in [0.5, 0.6) is 17.4 Å². The zero-order valence-corrected chi connectivity index (χ0v) is 22.2. The number of ether oxygens (including phenoxy) is 4. The third kappa shape index (κ3) is 5.42. The van der Waals surface area contributed by atoms with E-state index >= 15 is 4.39 Å². The molecule has 0 fully saturated rings. The Hall–Kier alpha value is -4.96. The fraction of sp³-hybridized carbons (Fsp3) is 0.194. The van der Waals surface area contributed by atoms with Crippen LogP contribution in [0.15, 0.2) is 72.8 Å². The predicted molar refractivity (Wildman–Crippen MR) is 148 cm³/mol. The molecule has 6 rings (SSSR count). The van der Waals surface area contributed by atoms with Crippen molar-refractivity contribution in [1.82, 2.24) is 14.5 Å². The summed E-state index contributed by atoms with van der Waals surface area (Å²) in [4.78, 5) is 20.7. The van der Waals surface area contributed by atoms with Gasteiger partial charge in [0, 0.05) is 37.3 Å². The van der Waals surface area contributed by atoms with E-state index in [-0.39, 0.29) is 25.4 Å². The highest BCUT2D eigenvalue weighted by Gasteiger charge is 2.18. The number of aromatic nitrogens is 3. The summed E-state index contributed by atoms with van der Waals surface area (Å²) in [5.41, 5.74) is 3.93. The number of hydrogen-bond acceptors (Lipinski definition) is 7. The molecule has 0 spiro atoms. The van der Waals surface area contributed by atoms with E-state index in [1.165, 1.54) is 12.1 Å². The summed E-state index contributed by atoms with van der Waals surface area (Å²) in [6, 6.07) is 20.7. The number of nitrogens with zero attached hydrogens (tertiary/aromatic N) is 3. The van der Waals surface area contributed by atoms with Crippen molar-refractivity contribution in [2.45, 2.75) is 19.6 Å². The van der Waals surface area contributed by atoms with Gasteiger partial charge in [-0.1, -0.05) is 30.3 Å². The molecule has 10 heteroatoms. The van der Waals surface area contributed by atoms with Crippen LogP contribution in [0.25, 0.3) is 22.3 Å². The van der Waals surface area contributed by atoms with Gasteiger partial charge in [-0.05, 0) is 42.0 Å². The zero-order chi connectivity index (χ0) is 28.3. The topological polar surface area (TPSA) is 105 Å². The molecule has 0 bridgehead atoms. The van der Waals surface area contributed by atoms with Gasteiger partial charge in [0.25, 0.3) is 0 Å². The Labute approximate surface area is 234 Å². The summed E-state index contributed by atoms with van der Waals surface area (Å²) in [7, 11) is 1.59. The van der Waals surface area contributed by atoms with E-state index in [1.54, 1.807) is 37.4 Å². The summed E-state index contributed by atoms with van der Waals surface area (Å²) in [5, 5.41) is 9.42. The highest BCUT2D eigenvalue weighted by atomic mass is 19.1. The first-order valence-corrected chi connectivity index (χ1v) is 13.0. The lowest BCUT2D eigenvalue weighted by Gasteiger charge is -2.11. The fourth-order valence-corrected chi connectivity index (χ4v) is 4.81. The predicted octanol–water partition coefficient (Wildman–Crippen LogP) is 5.48. The molecule has 0 saturated heterocycles. The summed E-state index contributed by atoms with van der Waals surface area (Å²) in [6.45, 7) is 1.27. The van der Waals surface area contributed by atoms with Crippen molar-refractivity contribution in [1.29, 1.82) is 0 Å². The largest absolute Gasteiger partial charge is 0.478 e. The van der Waals surface area contributed by atoms with Gasteiger partial charge in [-0.3, -0.25) is 0 Å². The van der Waals surface area contributed by atoms with Gasteiger partial charge in [0.1, 0.15) is 18.2 Å². The molecular weight excluding hydrogens is 529 g/mol. The lowest BCUT2D eigenvalue weighted by Crippen LogP contribution is -2.10. The normalized spacial score (nSPS) is 12.1. The second-order valence-electron chi connectivity index (χ2n) is 9.46. The van der Waals surface area contributed by atoms with E-state index in [9.17, 15) is 9.90 Å². The van der Waals surface area contributed by atoms with Crippen LogP contribution in [0.1, 0.15) is 27.3 Å². The van der Waals surface area contributed by atoms with Crippen molar-refractivity contribution < 1.29 is 33.2 Å². The third-order valence-corrected chi connectivity index (χ3v) is 6.87. The molecule has 0 saturated carbocycles. The van der Waals surface area contributed by atoms with Gasteiger partial charge in [-0.25, -0.2) is 19.2 Å². The highest BCUT2D eigenvalue weighted by molar-refractivity contribution is 5.92. The number of rotatable bonds is 10.